The molecule has 3 nitrogen and oxygen atoms in total. The SMILES string of the molecule is NCc1cnc(C(F)F)c(N)c1I. The highest BCUT2D eigenvalue weighted by atomic mass is 127. The maximum atomic E-state index is 12.3. The number of anilines is 1. The van der Waals surface area contributed by atoms with Crippen LogP contribution in [0, 0.1) is 3.57 Å². The second kappa shape index (κ2) is 4.14. The molecule has 1 aromatic rings. The molecule has 0 saturated carbocycles. The molecule has 0 aliphatic carbocycles. The van der Waals surface area contributed by atoms with E-state index >= 15 is 0 Å². The van der Waals surface area contributed by atoms with Gasteiger partial charge in [0.25, 0.3) is 6.43 Å². The van der Waals surface area contributed by atoms with Gasteiger partial charge in [0.15, 0.2) is 0 Å². The van der Waals surface area contributed by atoms with Gasteiger partial charge in [0, 0.05) is 16.3 Å². The number of rotatable bonds is 2. The van der Waals surface area contributed by atoms with E-state index in [4.69, 9.17) is 11.5 Å². The molecule has 0 atom stereocenters. The fourth-order valence-electron chi connectivity index (χ4n) is 0.875. The van der Waals surface area contributed by atoms with Crippen LogP contribution in [0.2, 0.25) is 0 Å². The number of nitrogen functional groups attached to an aromatic ring is 1. The van der Waals surface area contributed by atoms with E-state index in [1.54, 1.807) is 0 Å². The molecule has 0 fully saturated rings. The van der Waals surface area contributed by atoms with Crippen LogP contribution >= 0.6 is 22.6 Å². The van der Waals surface area contributed by atoms with Crippen LogP contribution in [-0.4, -0.2) is 4.98 Å². The van der Waals surface area contributed by atoms with Gasteiger partial charge in [0.2, 0.25) is 0 Å². The Morgan fingerprint density at radius 1 is 1.54 bits per heavy atom. The van der Waals surface area contributed by atoms with E-state index < -0.39 is 6.43 Å². The van der Waals surface area contributed by atoms with E-state index in [1.165, 1.54) is 6.20 Å². The number of alkyl halides is 2. The van der Waals surface area contributed by atoms with E-state index in [0.29, 0.717) is 9.13 Å². The van der Waals surface area contributed by atoms with Gasteiger partial charge >= 0.3 is 0 Å². The normalized spacial score (nSPS) is 10.8. The molecule has 0 aliphatic heterocycles. The molecule has 0 unspecified atom stereocenters. The van der Waals surface area contributed by atoms with Crippen molar-refractivity contribution < 1.29 is 8.78 Å². The third-order valence-corrected chi connectivity index (χ3v) is 2.85. The molecule has 1 aromatic heterocycles. The Labute approximate surface area is 87.7 Å². The van der Waals surface area contributed by atoms with Crippen molar-refractivity contribution in [1.29, 1.82) is 0 Å². The topological polar surface area (TPSA) is 64.9 Å². The maximum absolute atomic E-state index is 12.3. The highest BCUT2D eigenvalue weighted by molar-refractivity contribution is 14.1. The molecule has 72 valence electrons. The Morgan fingerprint density at radius 2 is 2.15 bits per heavy atom. The van der Waals surface area contributed by atoms with Crippen molar-refractivity contribution in [3.8, 4) is 0 Å². The van der Waals surface area contributed by atoms with Gasteiger partial charge in [-0.05, 0) is 28.2 Å². The zero-order valence-corrected chi connectivity index (χ0v) is 8.76. The number of aromatic nitrogens is 1. The molecule has 0 bridgehead atoms. The summed E-state index contributed by atoms with van der Waals surface area (Å²) in [7, 11) is 0. The summed E-state index contributed by atoms with van der Waals surface area (Å²) in [4.78, 5) is 3.55. The van der Waals surface area contributed by atoms with Crippen LogP contribution in [0.4, 0.5) is 14.5 Å². The van der Waals surface area contributed by atoms with Crippen molar-refractivity contribution >= 4 is 28.3 Å². The molecule has 0 spiro atoms. The summed E-state index contributed by atoms with van der Waals surface area (Å²) in [6.45, 7) is 0.249. The molecule has 0 aromatic carbocycles. The average Bonchev–Trinajstić information content (AvgIpc) is 2.09. The van der Waals surface area contributed by atoms with Gasteiger partial charge in [-0.15, -0.1) is 0 Å². The van der Waals surface area contributed by atoms with Crippen molar-refractivity contribution in [2.24, 2.45) is 5.73 Å². The number of hydrogen-bond acceptors (Lipinski definition) is 3. The molecular formula is C7H8F2IN3. The average molecular weight is 299 g/mol. The van der Waals surface area contributed by atoms with Crippen molar-refractivity contribution in [3.05, 3.63) is 21.0 Å². The van der Waals surface area contributed by atoms with Crippen molar-refractivity contribution in [2.45, 2.75) is 13.0 Å². The summed E-state index contributed by atoms with van der Waals surface area (Å²) in [5, 5.41) is 0. The molecule has 6 heteroatoms. The molecule has 13 heavy (non-hydrogen) atoms. The van der Waals surface area contributed by atoms with Gasteiger partial charge in [-0.3, -0.25) is 4.98 Å². The van der Waals surface area contributed by atoms with Crippen LogP contribution in [0.5, 0.6) is 0 Å². The van der Waals surface area contributed by atoms with Gasteiger partial charge in [-0.2, -0.15) is 0 Å². The van der Waals surface area contributed by atoms with Crippen LogP contribution in [0.3, 0.4) is 0 Å². The van der Waals surface area contributed by atoms with Gasteiger partial charge in [0.05, 0.1) is 5.69 Å². The van der Waals surface area contributed by atoms with Crippen LogP contribution in [0.15, 0.2) is 6.20 Å². The Bertz CT molecular complexity index is 317. The van der Waals surface area contributed by atoms with E-state index in [9.17, 15) is 8.78 Å². The van der Waals surface area contributed by atoms with E-state index in [1.807, 2.05) is 22.6 Å². The predicted molar refractivity (Wildman–Crippen MR) is 54.2 cm³/mol. The largest absolute Gasteiger partial charge is 0.396 e. The first-order valence-electron chi connectivity index (χ1n) is 3.49. The summed E-state index contributed by atoms with van der Waals surface area (Å²) in [5.41, 5.74) is 11.1. The number of hydrogen-bond donors (Lipinski definition) is 2. The summed E-state index contributed by atoms with van der Waals surface area (Å²) < 4.78 is 25.1. The van der Waals surface area contributed by atoms with Gasteiger partial charge in [0.1, 0.15) is 5.69 Å². The first kappa shape index (κ1) is 10.6. The Balaban J connectivity index is 3.23. The molecule has 0 radical (unpaired) electrons. The van der Waals surface area contributed by atoms with Crippen LogP contribution in [0.1, 0.15) is 17.7 Å². The van der Waals surface area contributed by atoms with Gasteiger partial charge < -0.3 is 11.5 Å². The van der Waals surface area contributed by atoms with Gasteiger partial charge in [-0.25, -0.2) is 8.78 Å². The molecule has 0 saturated heterocycles. The first-order chi connectivity index (χ1) is 6.07. The Kier molecular flexibility index (Phi) is 3.37. The maximum Gasteiger partial charge on any atom is 0.282 e. The second-order valence-electron chi connectivity index (χ2n) is 2.40. The summed E-state index contributed by atoms with van der Waals surface area (Å²) in [5.74, 6) is 0. The van der Waals surface area contributed by atoms with Crippen molar-refractivity contribution in [1.82, 2.24) is 4.98 Å². The number of nitrogens with zero attached hydrogens (tertiary/aromatic N) is 1. The zero-order chi connectivity index (χ0) is 10.0. The second-order valence-corrected chi connectivity index (χ2v) is 3.48. The fourth-order valence-corrected chi connectivity index (χ4v) is 1.51. The Hall–Kier alpha value is -0.500. The smallest absolute Gasteiger partial charge is 0.282 e. The first-order valence-corrected chi connectivity index (χ1v) is 4.56. The number of nitrogens with two attached hydrogens (primary N) is 2. The van der Waals surface area contributed by atoms with Crippen molar-refractivity contribution in [3.63, 3.8) is 0 Å². The summed E-state index contributed by atoms with van der Waals surface area (Å²) >= 11 is 1.89. The van der Waals surface area contributed by atoms with Crippen LogP contribution in [0.25, 0.3) is 0 Å². The lowest BCUT2D eigenvalue weighted by Crippen LogP contribution is -2.07. The van der Waals surface area contributed by atoms with Gasteiger partial charge in [-0.1, -0.05) is 0 Å². The van der Waals surface area contributed by atoms with Crippen LogP contribution in [-0.2, 0) is 6.54 Å². The molecule has 4 N–H and O–H groups in total. The summed E-state index contributed by atoms with van der Waals surface area (Å²) in [6, 6.07) is 0. The third-order valence-electron chi connectivity index (χ3n) is 1.58. The Morgan fingerprint density at radius 3 is 2.62 bits per heavy atom. The molecule has 1 heterocycles. The zero-order valence-electron chi connectivity index (χ0n) is 6.60. The highest BCUT2D eigenvalue weighted by Crippen LogP contribution is 2.28. The van der Waals surface area contributed by atoms with Crippen molar-refractivity contribution in [2.75, 3.05) is 5.73 Å². The van der Waals surface area contributed by atoms with E-state index in [0.717, 1.165) is 0 Å². The minimum atomic E-state index is -2.64. The highest BCUT2D eigenvalue weighted by Gasteiger charge is 2.16. The molecule has 0 aliphatic rings. The molecule has 1 rings (SSSR count). The predicted octanol–water partition coefficient (Wildman–Crippen LogP) is 1.66. The van der Waals surface area contributed by atoms with E-state index in [-0.39, 0.29) is 17.9 Å². The minimum absolute atomic E-state index is 0.0264. The third kappa shape index (κ3) is 2.05. The molecule has 0 amide bonds. The lowest BCUT2D eigenvalue weighted by Gasteiger charge is -2.08. The lowest BCUT2D eigenvalue weighted by atomic mass is 10.2. The standard InChI is InChI=1S/C7H8F2IN3/c8-7(9)6-5(12)4(10)3(1-11)2-13-6/h2,7H,1,11-12H2. The number of pyridine rings is 1. The summed E-state index contributed by atoms with van der Waals surface area (Å²) in [6.07, 6.45) is -1.31. The minimum Gasteiger partial charge on any atom is -0.396 e. The quantitative estimate of drug-likeness (QED) is 0.816. The number of halogens is 3. The molecular weight excluding hydrogens is 291 g/mol. The lowest BCUT2D eigenvalue weighted by molar-refractivity contribution is 0.147. The monoisotopic (exact) mass is 299 g/mol. The van der Waals surface area contributed by atoms with E-state index in [2.05, 4.69) is 4.98 Å². The fraction of sp³-hybridized carbons (Fsp3) is 0.286. The van der Waals surface area contributed by atoms with Crippen LogP contribution < -0.4 is 11.5 Å².